The molecule has 0 aliphatic rings. The van der Waals surface area contributed by atoms with Crippen molar-refractivity contribution >= 4 is 11.3 Å². The number of thiazole rings is 1. The maximum atomic E-state index is 13.7. The largest absolute Gasteiger partial charge is 0.304 e. The summed E-state index contributed by atoms with van der Waals surface area (Å²) in [6.07, 6.45) is 1.72. The van der Waals surface area contributed by atoms with Crippen LogP contribution < -0.4 is 5.32 Å². The molecule has 1 heterocycles. The Bertz CT molecular complexity index is 526. The van der Waals surface area contributed by atoms with E-state index in [1.54, 1.807) is 20.0 Å². The van der Waals surface area contributed by atoms with Gasteiger partial charge in [0.05, 0.1) is 0 Å². The number of aryl methyl sites for hydroxylation is 1. The summed E-state index contributed by atoms with van der Waals surface area (Å²) in [6, 6.07) is 2.22. The number of nitrogens with one attached hydrogen (secondary N) is 1. The molecule has 1 atom stereocenters. The lowest BCUT2D eigenvalue weighted by Crippen LogP contribution is -2.19. The quantitative estimate of drug-likeness (QED) is 0.916. The summed E-state index contributed by atoms with van der Waals surface area (Å²) in [5, 5.41) is 5.94. The zero-order valence-corrected chi connectivity index (χ0v) is 11.0. The standard InChI is InChI=1S/C13H14F2N2S/c1-8-5-12(15)10(6-11(8)14)9(2)17-7-13-16-3-4-18-13/h3-6,9,17H,7H2,1-2H3. The molecule has 1 aromatic heterocycles. The molecule has 96 valence electrons. The third-order valence-corrected chi connectivity index (χ3v) is 3.57. The lowest BCUT2D eigenvalue weighted by molar-refractivity contribution is 0.516. The van der Waals surface area contributed by atoms with Gasteiger partial charge in [0.25, 0.3) is 0 Å². The summed E-state index contributed by atoms with van der Waals surface area (Å²) in [5.74, 6) is -0.762. The molecule has 0 bridgehead atoms. The molecule has 0 radical (unpaired) electrons. The summed E-state index contributed by atoms with van der Waals surface area (Å²) >= 11 is 1.53. The van der Waals surface area contributed by atoms with Gasteiger partial charge in [-0.05, 0) is 31.5 Å². The topological polar surface area (TPSA) is 24.9 Å². The highest BCUT2D eigenvalue weighted by molar-refractivity contribution is 7.09. The Kier molecular flexibility index (Phi) is 4.04. The molecule has 0 amide bonds. The number of aromatic nitrogens is 1. The van der Waals surface area contributed by atoms with Crippen LogP contribution in [-0.2, 0) is 6.54 Å². The molecular weight excluding hydrogens is 254 g/mol. The van der Waals surface area contributed by atoms with Crippen molar-refractivity contribution in [3.05, 3.63) is 51.5 Å². The van der Waals surface area contributed by atoms with Gasteiger partial charge in [-0.25, -0.2) is 13.8 Å². The lowest BCUT2D eigenvalue weighted by Gasteiger charge is -2.15. The number of hydrogen-bond acceptors (Lipinski definition) is 3. The second kappa shape index (κ2) is 5.54. The van der Waals surface area contributed by atoms with E-state index in [2.05, 4.69) is 10.3 Å². The molecule has 2 rings (SSSR count). The molecule has 1 unspecified atom stereocenters. The van der Waals surface area contributed by atoms with Crippen molar-refractivity contribution in [3.8, 4) is 0 Å². The molecule has 0 fully saturated rings. The first-order valence-electron chi connectivity index (χ1n) is 5.65. The van der Waals surface area contributed by atoms with Crippen molar-refractivity contribution < 1.29 is 8.78 Å². The Balaban J connectivity index is 2.09. The summed E-state index contributed by atoms with van der Waals surface area (Å²) < 4.78 is 27.2. The normalized spacial score (nSPS) is 12.7. The van der Waals surface area contributed by atoms with E-state index in [1.807, 2.05) is 5.38 Å². The Morgan fingerprint density at radius 2 is 2.11 bits per heavy atom. The molecule has 18 heavy (non-hydrogen) atoms. The first-order chi connectivity index (χ1) is 8.58. The van der Waals surface area contributed by atoms with Crippen LogP contribution in [-0.4, -0.2) is 4.98 Å². The smallest absolute Gasteiger partial charge is 0.128 e. The first kappa shape index (κ1) is 13.1. The van der Waals surface area contributed by atoms with Gasteiger partial charge in [-0.1, -0.05) is 0 Å². The predicted molar refractivity (Wildman–Crippen MR) is 68.5 cm³/mol. The van der Waals surface area contributed by atoms with Crippen molar-refractivity contribution in [2.45, 2.75) is 26.4 Å². The van der Waals surface area contributed by atoms with E-state index in [-0.39, 0.29) is 17.7 Å². The van der Waals surface area contributed by atoms with Gasteiger partial charge < -0.3 is 5.32 Å². The van der Waals surface area contributed by atoms with E-state index >= 15 is 0 Å². The first-order valence-corrected chi connectivity index (χ1v) is 6.53. The van der Waals surface area contributed by atoms with Crippen LogP contribution in [0.25, 0.3) is 0 Å². The average Bonchev–Trinajstić information content (AvgIpc) is 2.84. The zero-order chi connectivity index (χ0) is 13.1. The molecular formula is C13H14F2N2S. The van der Waals surface area contributed by atoms with E-state index in [4.69, 9.17) is 0 Å². The third-order valence-electron chi connectivity index (χ3n) is 2.79. The number of nitrogens with zero attached hydrogens (tertiary/aromatic N) is 1. The van der Waals surface area contributed by atoms with Crippen LogP contribution in [0, 0.1) is 18.6 Å². The van der Waals surface area contributed by atoms with E-state index in [9.17, 15) is 8.78 Å². The lowest BCUT2D eigenvalue weighted by atomic mass is 10.1. The fourth-order valence-electron chi connectivity index (χ4n) is 1.68. The number of halogens is 2. The van der Waals surface area contributed by atoms with Crippen molar-refractivity contribution in [1.82, 2.24) is 10.3 Å². The van der Waals surface area contributed by atoms with Crippen LogP contribution in [0.3, 0.4) is 0 Å². The fourth-order valence-corrected chi connectivity index (χ4v) is 2.25. The van der Waals surface area contributed by atoms with E-state index in [0.29, 0.717) is 17.7 Å². The molecule has 2 aromatic rings. The van der Waals surface area contributed by atoms with Gasteiger partial charge in [0.15, 0.2) is 0 Å². The number of rotatable bonds is 4. The van der Waals surface area contributed by atoms with Crippen molar-refractivity contribution in [2.75, 3.05) is 0 Å². The molecule has 0 saturated carbocycles. The van der Waals surface area contributed by atoms with Gasteiger partial charge in [-0.2, -0.15) is 0 Å². The Morgan fingerprint density at radius 1 is 1.33 bits per heavy atom. The monoisotopic (exact) mass is 268 g/mol. The zero-order valence-electron chi connectivity index (χ0n) is 10.2. The van der Waals surface area contributed by atoms with Crippen LogP contribution in [0.5, 0.6) is 0 Å². The average molecular weight is 268 g/mol. The SMILES string of the molecule is Cc1cc(F)c(C(C)NCc2nccs2)cc1F. The summed E-state index contributed by atoms with van der Waals surface area (Å²) in [5.41, 5.74) is 0.665. The molecule has 0 spiro atoms. The maximum absolute atomic E-state index is 13.7. The van der Waals surface area contributed by atoms with Gasteiger partial charge in [0.1, 0.15) is 16.6 Å². The van der Waals surface area contributed by atoms with Crippen LogP contribution in [0.2, 0.25) is 0 Å². The molecule has 1 aromatic carbocycles. The predicted octanol–water partition coefficient (Wildman–Crippen LogP) is 3.58. The van der Waals surface area contributed by atoms with Crippen molar-refractivity contribution in [2.24, 2.45) is 0 Å². The van der Waals surface area contributed by atoms with Crippen LogP contribution in [0.4, 0.5) is 8.78 Å². The van der Waals surface area contributed by atoms with Crippen molar-refractivity contribution in [1.29, 1.82) is 0 Å². The fraction of sp³-hybridized carbons (Fsp3) is 0.308. The Morgan fingerprint density at radius 3 is 2.78 bits per heavy atom. The maximum Gasteiger partial charge on any atom is 0.128 e. The van der Waals surface area contributed by atoms with Crippen LogP contribution in [0.15, 0.2) is 23.7 Å². The number of hydrogen-bond donors (Lipinski definition) is 1. The summed E-state index contributed by atoms with van der Waals surface area (Å²) in [7, 11) is 0. The highest BCUT2D eigenvalue weighted by atomic mass is 32.1. The minimum absolute atomic E-state index is 0.260. The second-order valence-corrected chi connectivity index (χ2v) is 5.13. The van der Waals surface area contributed by atoms with E-state index in [1.165, 1.54) is 23.5 Å². The second-order valence-electron chi connectivity index (χ2n) is 4.15. The van der Waals surface area contributed by atoms with E-state index < -0.39 is 0 Å². The van der Waals surface area contributed by atoms with E-state index in [0.717, 1.165) is 5.01 Å². The van der Waals surface area contributed by atoms with Gasteiger partial charge in [0, 0.05) is 29.7 Å². The highest BCUT2D eigenvalue weighted by Crippen LogP contribution is 2.21. The minimum atomic E-state index is -0.381. The Hall–Kier alpha value is -1.33. The third kappa shape index (κ3) is 2.91. The molecule has 2 nitrogen and oxygen atoms in total. The van der Waals surface area contributed by atoms with Gasteiger partial charge in [0.2, 0.25) is 0 Å². The minimum Gasteiger partial charge on any atom is -0.304 e. The molecule has 0 aliphatic carbocycles. The van der Waals surface area contributed by atoms with Crippen LogP contribution in [0.1, 0.15) is 29.1 Å². The highest BCUT2D eigenvalue weighted by Gasteiger charge is 2.13. The number of benzene rings is 1. The molecule has 0 saturated heterocycles. The molecule has 1 N–H and O–H groups in total. The Labute approximate surface area is 109 Å². The summed E-state index contributed by atoms with van der Waals surface area (Å²) in [6.45, 7) is 3.91. The molecule has 0 aliphatic heterocycles. The van der Waals surface area contributed by atoms with Crippen molar-refractivity contribution in [3.63, 3.8) is 0 Å². The van der Waals surface area contributed by atoms with Gasteiger partial charge in [-0.15, -0.1) is 11.3 Å². The summed E-state index contributed by atoms with van der Waals surface area (Å²) in [4.78, 5) is 4.12. The molecule has 5 heteroatoms. The van der Waals surface area contributed by atoms with Crippen LogP contribution >= 0.6 is 11.3 Å². The van der Waals surface area contributed by atoms with Gasteiger partial charge >= 0.3 is 0 Å². The van der Waals surface area contributed by atoms with Gasteiger partial charge in [-0.3, -0.25) is 0 Å².